The first-order valence-electron chi connectivity index (χ1n) is 8.82. The van der Waals surface area contributed by atoms with Gasteiger partial charge in [0.2, 0.25) is 0 Å². The first-order chi connectivity index (χ1) is 10.7. The van der Waals surface area contributed by atoms with Crippen LogP contribution in [0.1, 0.15) is 53.4 Å². The Morgan fingerprint density at radius 2 is 0.955 bits per heavy atom. The van der Waals surface area contributed by atoms with Crippen LogP contribution in [-0.2, 0) is 18.9 Å². The highest BCUT2D eigenvalue weighted by Crippen LogP contribution is 2.08. The fourth-order valence-electron chi connectivity index (χ4n) is 2.34. The van der Waals surface area contributed by atoms with Gasteiger partial charge in [0, 0.05) is 26.4 Å². The molecule has 5 nitrogen and oxygen atoms in total. The van der Waals surface area contributed by atoms with E-state index in [1.165, 1.54) is 0 Å². The largest absolute Gasteiger partial charge is 0.353 e. The normalized spacial score (nSPS) is 12.0. The summed E-state index contributed by atoms with van der Waals surface area (Å²) in [5.74, 6) is 0. The zero-order valence-corrected chi connectivity index (χ0v) is 15.3. The van der Waals surface area contributed by atoms with Gasteiger partial charge in [-0.2, -0.15) is 0 Å². The molecule has 0 aliphatic carbocycles. The van der Waals surface area contributed by atoms with E-state index in [1.807, 2.05) is 27.7 Å². The SMILES string of the molecule is CCOC(CCCN(C)CCCC(OCC)OCC)OCC. The lowest BCUT2D eigenvalue weighted by atomic mass is 10.2. The summed E-state index contributed by atoms with van der Waals surface area (Å²) in [5, 5.41) is 0. The molecule has 134 valence electrons. The van der Waals surface area contributed by atoms with Crippen molar-refractivity contribution < 1.29 is 18.9 Å². The first kappa shape index (κ1) is 21.8. The Labute approximate surface area is 137 Å². The van der Waals surface area contributed by atoms with Gasteiger partial charge in [0.15, 0.2) is 12.6 Å². The molecule has 5 heteroatoms. The van der Waals surface area contributed by atoms with Crippen molar-refractivity contribution in [3.05, 3.63) is 0 Å². The molecule has 0 aromatic rings. The molecular formula is C17H37NO4. The van der Waals surface area contributed by atoms with Gasteiger partial charge in [-0.15, -0.1) is 0 Å². The Kier molecular flexibility index (Phi) is 15.5. The van der Waals surface area contributed by atoms with Crippen LogP contribution in [0.15, 0.2) is 0 Å². The van der Waals surface area contributed by atoms with E-state index in [1.54, 1.807) is 0 Å². The smallest absolute Gasteiger partial charge is 0.157 e. The van der Waals surface area contributed by atoms with E-state index in [2.05, 4.69) is 11.9 Å². The second kappa shape index (κ2) is 15.7. The van der Waals surface area contributed by atoms with E-state index in [4.69, 9.17) is 18.9 Å². The molecule has 0 aromatic carbocycles. The van der Waals surface area contributed by atoms with Crippen LogP contribution in [0.3, 0.4) is 0 Å². The molecule has 0 N–H and O–H groups in total. The van der Waals surface area contributed by atoms with E-state index in [9.17, 15) is 0 Å². The monoisotopic (exact) mass is 319 g/mol. The van der Waals surface area contributed by atoms with Crippen molar-refractivity contribution in [3.8, 4) is 0 Å². The lowest BCUT2D eigenvalue weighted by molar-refractivity contribution is -0.141. The average Bonchev–Trinajstić information content (AvgIpc) is 2.48. The van der Waals surface area contributed by atoms with Crippen molar-refractivity contribution in [1.29, 1.82) is 0 Å². The molecule has 0 saturated heterocycles. The third-order valence-corrected chi connectivity index (χ3v) is 3.37. The number of hydrogen-bond donors (Lipinski definition) is 0. The summed E-state index contributed by atoms with van der Waals surface area (Å²) >= 11 is 0. The van der Waals surface area contributed by atoms with Crippen LogP contribution in [0, 0.1) is 0 Å². The minimum Gasteiger partial charge on any atom is -0.353 e. The highest BCUT2D eigenvalue weighted by atomic mass is 16.7. The van der Waals surface area contributed by atoms with Gasteiger partial charge in [0.1, 0.15) is 0 Å². The quantitative estimate of drug-likeness (QED) is 0.408. The van der Waals surface area contributed by atoms with Gasteiger partial charge in [0.05, 0.1) is 0 Å². The van der Waals surface area contributed by atoms with E-state index in [-0.39, 0.29) is 12.6 Å². The summed E-state index contributed by atoms with van der Waals surface area (Å²) in [6.07, 6.45) is 3.97. The molecule has 0 saturated carbocycles. The molecular weight excluding hydrogens is 282 g/mol. The molecule has 0 aromatic heterocycles. The third kappa shape index (κ3) is 12.4. The van der Waals surface area contributed by atoms with Crippen molar-refractivity contribution in [1.82, 2.24) is 4.90 Å². The molecule has 0 unspecified atom stereocenters. The average molecular weight is 319 g/mol. The summed E-state index contributed by atoms with van der Waals surface area (Å²) in [7, 11) is 2.16. The van der Waals surface area contributed by atoms with Crippen LogP contribution in [0.25, 0.3) is 0 Å². The Balaban J connectivity index is 3.72. The van der Waals surface area contributed by atoms with Crippen LogP contribution in [0.5, 0.6) is 0 Å². The summed E-state index contributed by atoms with van der Waals surface area (Å²) in [6, 6.07) is 0. The van der Waals surface area contributed by atoms with Gasteiger partial charge >= 0.3 is 0 Å². The minimum absolute atomic E-state index is 0.0521. The highest BCUT2D eigenvalue weighted by molar-refractivity contribution is 4.56. The number of ether oxygens (including phenoxy) is 4. The maximum atomic E-state index is 5.56. The van der Waals surface area contributed by atoms with Crippen LogP contribution in [0.2, 0.25) is 0 Å². The molecule has 0 bridgehead atoms. The summed E-state index contributed by atoms with van der Waals surface area (Å²) in [4.78, 5) is 2.35. The van der Waals surface area contributed by atoms with E-state index < -0.39 is 0 Å². The van der Waals surface area contributed by atoms with E-state index in [0.29, 0.717) is 26.4 Å². The molecule has 0 amide bonds. The van der Waals surface area contributed by atoms with Gasteiger partial charge in [-0.3, -0.25) is 0 Å². The minimum atomic E-state index is -0.0521. The molecule has 22 heavy (non-hydrogen) atoms. The van der Waals surface area contributed by atoms with Gasteiger partial charge in [-0.1, -0.05) is 0 Å². The standard InChI is InChI=1S/C17H37NO4/c1-6-19-16(20-7-2)12-10-14-18(5)15-11-13-17(21-8-3)22-9-4/h16-17H,6-15H2,1-5H3. The Morgan fingerprint density at radius 3 is 1.23 bits per heavy atom. The van der Waals surface area contributed by atoms with Gasteiger partial charge < -0.3 is 23.8 Å². The molecule has 0 spiro atoms. The van der Waals surface area contributed by atoms with Crippen LogP contribution in [0.4, 0.5) is 0 Å². The van der Waals surface area contributed by atoms with Crippen molar-refractivity contribution in [3.63, 3.8) is 0 Å². The maximum Gasteiger partial charge on any atom is 0.157 e. The molecule has 0 rings (SSSR count). The van der Waals surface area contributed by atoms with Crippen LogP contribution < -0.4 is 0 Å². The second-order valence-electron chi connectivity index (χ2n) is 5.27. The molecule has 0 aliphatic rings. The molecule has 0 aliphatic heterocycles. The summed E-state index contributed by atoms with van der Waals surface area (Å²) < 4.78 is 22.2. The Hall–Kier alpha value is -0.200. The first-order valence-corrected chi connectivity index (χ1v) is 8.82. The third-order valence-electron chi connectivity index (χ3n) is 3.37. The molecule has 0 heterocycles. The lowest BCUT2D eigenvalue weighted by Crippen LogP contribution is -2.25. The topological polar surface area (TPSA) is 40.2 Å². The van der Waals surface area contributed by atoms with Gasteiger partial charge in [0.25, 0.3) is 0 Å². The van der Waals surface area contributed by atoms with E-state index in [0.717, 1.165) is 38.8 Å². The number of hydrogen-bond acceptors (Lipinski definition) is 5. The summed E-state index contributed by atoms with van der Waals surface area (Å²) in [6.45, 7) is 13.0. The predicted octanol–water partition coefficient (Wildman–Crippen LogP) is 3.28. The predicted molar refractivity (Wildman–Crippen MR) is 90.0 cm³/mol. The number of nitrogens with zero attached hydrogens (tertiary/aromatic N) is 1. The van der Waals surface area contributed by atoms with Crippen molar-refractivity contribution in [2.24, 2.45) is 0 Å². The Morgan fingerprint density at radius 1 is 0.636 bits per heavy atom. The van der Waals surface area contributed by atoms with Crippen LogP contribution >= 0.6 is 0 Å². The van der Waals surface area contributed by atoms with Crippen molar-refractivity contribution in [2.45, 2.75) is 66.0 Å². The van der Waals surface area contributed by atoms with E-state index >= 15 is 0 Å². The van der Waals surface area contributed by atoms with Crippen LogP contribution in [-0.4, -0.2) is 64.0 Å². The fraction of sp³-hybridized carbons (Fsp3) is 1.00. The molecule has 0 atom stereocenters. The zero-order valence-electron chi connectivity index (χ0n) is 15.3. The van der Waals surface area contributed by atoms with Gasteiger partial charge in [-0.25, -0.2) is 0 Å². The van der Waals surface area contributed by atoms with Crippen molar-refractivity contribution >= 4 is 0 Å². The molecule has 0 radical (unpaired) electrons. The second-order valence-corrected chi connectivity index (χ2v) is 5.27. The summed E-state index contributed by atoms with van der Waals surface area (Å²) in [5.41, 5.74) is 0. The highest BCUT2D eigenvalue weighted by Gasteiger charge is 2.10. The van der Waals surface area contributed by atoms with Gasteiger partial charge in [-0.05, 0) is 73.5 Å². The zero-order chi connectivity index (χ0) is 16.6. The molecule has 0 fully saturated rings. The lowest BCUT2D eigenvalue weighted by Gasteiger charge is -2.21. The fourth-order valence-corrected chi connectivity index (χ4v) is 2.34. The Bertz CT molecular complexity index is 195. The number of rotatable bonds is 16. The maximum absolute atomic E-state index is 5.56. The van der Waals surface area contributed by atoms with Crippen molar-refractivity contribution in [2.75, 3.05) is 46.6 Å².